The quantitative estimate of drug-likeness (QED) is 0.867. The Hall–Kier alpha value is -2.37. The van der Waals surface area contributed by atoms with Crippen LogP contribution < -0.4 is 4.90 Å². The minimum absolute atomic E-state index is 0.148. The Bertz CT molecular complexity index is 680. The van der Waals surface area contributed by atoms with Gasteiger partial charge in [0.05, 0.1) is 0 Å². The van der Waals surface area contributed by atoms with Gasteiger partial charge in [0.15, 0.2) is 0 Å². The third-order valence-electron chi connectivity index (χ3n) is 4.31. The van der Waals surface area contributed by atoms with Gasteiger partial charge in [-0.25, -0.2) is 0 Å². The van der Waals surface area contributed by atoms with Gasteiger partial charge < -0.3 is 14.3 Å². The van der Waals surface area contributed by atoms with Crippen LogP contribution in [-0.2, 0) is 4.79 Å². The number of rotatable bonds is 4. The number of amides is 1. The molecule has 122 valence electrons. The highest BCUT2D eigenvalue weighted by molar-refractivity contribution is 5.73. The Labute approximate surface area is 136 Å². The van der Waals surface area contributed by atoms with Crippen molar-refractivity contribution in [1.82, 2.24) is 15.0 Å². The highest BCUT2D eigenvalue weighted by Crippen LogP contribution is 2.22. The molecule has 1 aliphatic rings. The number of likely N-dealkylation sites (tertiary alicyclic amines) is 1. The van der Waals surface area contributed by atoms with Crippen LogP contribution in [0.2, 0.25) is 0 Å². The van der Waals surface area contributed by atoms with E-state index >= 15 is 0 Å². The van der Waals surface area contributed by atoms with Crippen LogP contribution in [0.1, 0.15) is 18.9 Å². The molecule has 1 aromatic carbocycles. The summed E-state index contributed by atoms with van der Waals surface area (Å²) in [5.74, 6) is 1.19. The molecule has 2 heterocycles. The summed E-state index contributed by atoms with van der Waals surface area (Å²) >= 11 is 0. The van der Waals surface area contributed by atoms with E-state index in [2.05, 4.69) is 10.1 Å². The van der Waals surface area contributed by atoms with Gasteiger partial charge in [0.2, 0.25) is 11.7 Å². The number of carbonyl (C=O) groups excluding carboxylic acids is 1. The third kappa shape index (κ3) is 3.52. The Kier molecular flexibility index (Phi) is 4.32. The Balaban J connectivity index is 1.63. The predicted octanol–water partition coefficient (Wildman–Crippen LogP) is 2.35. The molecule has 0 aliphatic carbocycles. The Morgan fingerprint density at radius 3 is 2.78 bits per heavy atom. The van der Waals surface area contributed by atoms with Crippen molar-refractivity contribution in [2.24, 2.45) is 5.92 Å². The van der Waals surface area contributed by atoms with Crippen molar-refractivity contribution in [1.29, 1.82) is 0 Å². The van der Waals surface area contributed by atoms with Crippen molar-refractivity contribution in [3.05, 3.63) is 29.8 Å². The largest absolute Gasteiger partial charge is 0.343 e. The zero-order valence-corrected chi connectivity index (χ0v) is 13.8. The second-order valence-electron chi connectivity index (χ2n) is 6.27. The molecule has 3 rings (SSSR count). The lowest BCUT2D eigenvalue weighted by Crippen LogP contribution is -2.30. The first kappa shape index (κ1) is 15.5. The van der Waals surface area contributed by atoms with E-state index in [1.807, 2.05) is 48.0 Å². The number of hydrogen-bond acceptors (Lipinski definition) is 5. The first-order valence-corrected chi connectivity index (χ1v) is 7.90. The van der Waals surface area contributed by atoms with Crippen LogP contribution >= 0.6 is 0 Å². The number of hydrogen-bond donors (Lipinski definition) is 0. The Morgan fingerprint density at radius 2 is 2.13 bits per heavy atom. The molecular weight excluding hydrogens is 292 g/mol. The zero-order valence-electron chi connectivity index (χ0n) is 13.8. The molecule has 1 fully saturated rings. The molecule has 6 heteroatoms. The van der Waals surface area contributed by atoms with E-state index in [9.17, 15) is 4.79 Å². The monoisotopic (exact) mass is 314 g/mol. The van der Waals surface area contributed by atoms with Gasteiger partial charge in [0.25, 0.3) is 0 Å². The molecular formula is C17H22N4O2. The fourth-order valence-corrected chi connectivity index (χ4v) is 2.92. The van der Waals surface area contributed by atoms with Crippen LogP contribution in [0.15, 0.2) is 28.8 Å². The first-order valence-electron chi connectivity index (χ1n) is 7.90. The maximum atomic E-state index is 11.4. The third-order valence-corrected chi connectivity index (χ3v) is 4.31. The van der Waals surface area contributed by atoms with Gasteiger partial charge in [-0.15, -0.1) is 0 Å². The minimum atomic E-state index is 0.148. The van der Waals surface area contributed by atoms with E-state index in [-0.39, 0.29) is 5.91 Å². The van der Waals surface area contributed by atoms with Gasteiger partial charge in [-0.3, -0.25) is 4.79 Å². The van der Waals surface area contributed by atoms with Crippen LogP contribution in [0, 0.1) is 12.8 Å². The van der Waals surface area contributed by atoms with E-state index in [1.54, 1.807) is 6.92 Å². The number of nitrogens with zero attached hydrogens (tertiary/aromatic N) is 4. The molecule has 0 N–H and O–H groups in total. The summed E-state index contributed by atoms with van der Waals surface area (Å²) in [6, 6.07) is 8.56. The van der Waals surface area contributed by atoms with Gasteiger partial charge in [0, 0.05) is 39.2 Å². The van der Waals surface area contributed by atoms with Crippen molar-refractivity contribution < 1.29 is 9.32 Å². The average molecular weight is 314 g/mol. The summed E-state index contributed by atoms with van der Waals surface area (Å²) in [6.45, 7) is 6.12. The van der Waals surface area contributed by atoms with E-state index in [0.717, 1.165) is 31.6 Å². The number of benzene rings is 1. The summed E-state index contributed by atoms with van der Waals surface area (Å²) in [6.07, 6.45) is 1.02. The lowest BCUT2D eigenvalue weighted by molar-refractivity contribution is -0.127. The molecule has 0 spiro atoms. The molecule has 6 nitrogen and oxygen atoms in total. The smallest absolute Gasteiger partial charge is 0.324 e. The molecule has 0 saturated carbocycles. The highest BCUT2D eigenvalue weighted by atomic mass is 16.5. The topological polar surface area (TPSA) is 62.5 Å². The Morgan fingerprint density at radius 1 is 1.39 bits per heavy atom. The highest BCUT2D eigenvalue weighted by Gasteiger charge is 2.26. The van der Waals surface area contributed by atoms with Gasteiger partial charge >= 0.3 is 6.01 Å². The van der Waals surface area contributed by atoms with Crippen LogP contribution in [0.4, 0.5) is 6.01 Å². The normalized spacial score (nSPS) is 17.5. The predicted molar refractivity (Wildman–Crippen MR) is 88.1 cm³/mol. The summed E-state index contributed by atoms with van der Waals surface area (Å²) < 4.78 is 5.38. The molecule has 2 aromatic rings. The van der Waals surface area contributed by atoms with Crippen LogP contribution in [0.25, 0.3) is 11.4 Å². The molecule has 0 bridgehead atoms. The summed E-state index contributed by atoms with van der Waals surface area (Å²) in [5, 5.41) is 4.06. The van der Waals surface area contributed by atoms with Crippen molar-refractivity contribution >= 4 is 11.9 Å². The molecule has 1 saturated heterocycles. The molecule has 1 atom stereocenters. The van der Waals surface area contributed by atoms with Crippen LogP contribution in [0.3, 0.4) is 0 Å². The van der Waals surface area contributed by atoms with Crippen LogP contribution in [-0.4, -0.2) is 47.6 Å². The van der Waals surface area contributed by atoms with Gasteiger partial charge in [-0.2, -0.15) is 4.98 Å². The molecule has 1 aromatic heterocycles. The fourth-order valence-electron chi connectivity index (χ4n) is 2.92. The van der Waals surface area contributed by atoms with E-state index in [0.29, 0.717) is 17.8 Å². The van der Waals surface area contributed by atoms with Gasteiger partial charge in [-0.1, -0.05) is 35.0 Å². The summed E-state index contributed by atoms with van der Waals surface area (Å²) in [7, 11) is 1.95. The number of anilines is 1. The second kappa shape index (κ2) is 6.40. The minimum Gasteiger partial charge on any atom is -0.343 e. The number of aryl methyl sites for hydroxylation is 1. The lowest BCUT2D eigenvalue weighted by Gasteiger charge is -2.19. The number of carbonyl (C=O) groups is 1. The first-order chi connectivity index (χ1) is 11.0. The zero-order chi connectivity index (χ0) is 16.4. The van der Waals surface area contributed by atoms with E-state index < -0.39 is 0 Å². The summed E-state index contributed by atoms with van der Waals surface area (Å²) in [4.78, 5) is 19.7. The van der Waals surface area contributed by atoms with Gasteiger partial charge in [-0.05, 0) is 19.3 Å². The standard InChI is InChI=1S/C17H22N4O2/c1-12-4-6-15(7-5-12)16-18-17(23-19-16)20(3)10-14-8-9-21(11-14)13(2)22/h4-7,14H,8-11H2,1-3H3/t14-/m0/s1. The molecule has 0 unspecified atom stereocenters. The maximum absolute atomic E-state index is 11.4. The van der Waals surface area contributed by atoms with E-state index in [1.165, 1.54) is 5.56 Å². The van der Waals surface area contributed by atoms with Crippen molar-refractivity contribution in [3.8, 4) is 11.4 Å². The van der Waals surface area contributed by atoms with Crippen molar-refractivity contribution in [3.63, 3.8) is 0 Å². The van der Waals surface area contributed by atoms with E-state index in [4.69, 9.17) is 4.52 Å². The lowest BCUT2D eigenvalue weighted by atomic mass is 10.1. The molecule has 0 radical (unpaired) electrons. The summed E-state index contributed by atoms with van der Waals surface area (Å²) in [5.41, 5.74) is 2.15. The maximum Gasteiger partial charge on any atom is 0.324 e. The molecule has 1 amide bonds. The van der Waals surface area contributed by atoms with Crippen molar-refractivity contribution in [2.45, 2.75) is 20.3 Å². The van der Waals surface area contributed by atoms with Crippen molar-refractivity contribution in [2.75, 3.05) is 31.6 Å². The molecule has 1 aliphatic heterocycles. The van der Waals surface area contributed by atoms with Crippen LogP contribution in [0.5, 0.6) is 0 Å². The molecule has 23 heavy (non-hydrogen) atoms. The average Bonchev–Trinajstić information content (AvgIpc) is 3.17. The fraction of sp³-hybridized carbons (Fsp3) is 0.471. The van der Waals surface area contributed by atoms with Gasteiger partial charge in [0.1, 0.15) is 0 Å². The number of aromatic nitrogens is 2. The SMILES string of the molecule is CC(=O)N1CC[C@@H](CN(C)c2nc(-c3ccc(C)cc3)no2)C1. The second-order valence-corrected chi connectivity index (χ2v) is 6.27.